The van der Waals surface area contributed by atoms with Gasteiger partial charge in [0.2, 0.25) is 17.0 Å². The highest BCUT2D eigenvalue weighted by atomic mass is 79.9. The van der Waals surface area contributed by atoms with Gasteiger partial charge in [-0.05, 0) is 18.2 Å². The zero-order valence-corrected chi connectivity index (χ0v) is 16.4. The molecule has 1 aromatic carbocycles. The Kier molecular flexibility index (Phi) is 6.40. The van der Waals surface area contributed by atoms with E-state index >= 15 is 0 Å². The molecule has 0 aliphatic rings. The molecule has 3 aromatic rings. The Hall–Kier alpha value is -2.20. The van der Waals surface area contributed by atoms with E-state index in [4.69, 9.17) is 4.52 Å². The molecular weight excluding hydrogens is 420 g/mol. The second kappa shape index (κ2) is 8.95. The van der Waals surface area contributed by atoms with E-state index in [1.54, 1.807) is 0 Å². The van der Waals surface area contributed by atoms with E-state index < -0.39 is 0 Å². The number of halogens is 1. The minimum Gasteiger partial charge on any atom is -0.339 e. The molecule has 26 heavy (non-hydrogen) atoms. The molecule has 0 saturated carbocycles. The van der Waals surface area contributed by atoms with Crippen molar-refractivity contribution in [3.63, 3.8) is 0 Å². The molecule has 0 saturated heterocycles. The van der Waals surface area contributed by atoms with Crippen LogP contribution in [0.2, 0.25) is 0 Å². The lowest BCUT2D eigenvalue weighted by molar-refractivity contribution is -0.116. The average molecular weight is 437 g/mol. The van der Waals surface area contributed by atoms with Crippen LogP contribution in [0, 0.1) is 0 Å². The Bertz CT molecular complexity index is 881. The highest BCUT2D eigenvalue weighted by Gasteiger charge is 2.11. The molecule has 2 N–H and O–H groups in total. The number of aromatic amines is 1. The first-order chi connectivity index (χ1) is 12.6. The highest BCUT2D eigenvalue weighted by molar-refractivity contribution is 9.10. The Balaban J connectivity index is 1.45. The van der Waals surface area contributed by atoms with Crippen molar-refractivity contribution >= 4 is 39.3 Å². The van der Waals surface area contributed by atoms with Gasteiger partial charge in [-0.15, -0.1) is 5.10 Å². The number of anilines is 1. The number of rotatable bonds is 8. The van der Waals surface area contributed by atoms with Crippen LogP contribution in [0.1, 0.15) is 30.9 Å². The lowest BCUT2D eigenvalue weighted by atomic mass is 10.2. The van der Waals surface area contributed by atoms with Crippen LogP contribution in [0.4, 0.5) is 5.69 Å². The van der Waals surface area contributed by atoms with E-state index in [1.165, 1.54) is 11.8 Å². The SMILES string of the molecule is CCc1nc(SCc2noc(CCC(=O)Nc3cccc(Br)c3)n2)n[nH]1. The smallest absolute Gasteiger partial charge is 0.227 e. The number of hydrogen-bond acceptors (Lipinski definition) is 7. The Labute approximate surface area is 162 Å². The summed E-state index contributed by atoms with van der Waals surface area (Å²) in [6, 6.07) is 7.43. The third-order valence-corrected chi connectivity index (χ3v) is 4.70. The lowest BCUT2D eigenvalue weighted by Crippen LogP contribution is -2.12. The fraction of sp³-hybridized carbons (Fsp3) is 0.312. The largest absolute Gasteiger partial charge is 0.339 e. The first kappa shape index (κ1) is 18.6. The third-order valence-electron chi connectivity index (χ3n) is 3.36. The summed E-state index contributed by atoms with van der Waals surface area (Å²) in [7, 11) is 0. The first-order valence-corrected chi connectivity index (χ1v) is 9.81. The van der Waals surface area contributed by atoms with Gasteiger partial charge in [-0.3, -0.25) is 9.89 Å². The summed E-state index contributed by atoms with van der Waals surface area (Å²) in [6.45, 7) is 2.01. The van der Waals surface area contributed by atoms with Crippen LogP contribution in [-0.2, 0) is 23.4 Å². The number of nitrogens with zero attached hydrogens (tertiary/aromatic N) is 4. The molecule has 1 amide bonds. The molecule has 0 bridgehead atoms. The van der Waals surface area contributed by atoms with Gasteiger partial charge in [-0.2, -0.15) is 4.98 Å². The molecule has 0 aliphatic heterocycles. The maximum Gasteiger partial charge on any atom is 0.227 e. The summed E-state index contributed by atoms with van der Waals surface area (Å²) in [5.74, 6) is 2.24. The molecule has 0 fully saturated rings. The molecule has 0 unspecified atom stereocenters. The second-order valence-electron chi connectivity index (χ2n) is 5.37. The van der Waals surface area contributed by atoms with Gasteiger partial charge in [0.1, 0.15) is 5.82 Å². The van der Waals surface area contributed by atoms with E-state index in [2.05, 4.69) is 46.6 Å². The van der Waals surface area contributed by atoms with Crippen molar-refractivity contribution in [2.45, 2.75) is 37.1 Å². The van der Waals surface area contributed by atoms with E-state index in [9.17, 15) is 4.79 Å². The summed E-state index contributed by atoms with van der Waals surface area (Å²) in [5.41, 5.74) is 0.741. The van der Waals surface area contributed by atoms with Crippen molar-refractivity contribution in [3.8, 4) is 0 Å². The third kappa shape index (κ3) is 5.40. The summed E-state index contributed by atoms with van der Waals surface area (Å²) in [6.07, 6.45) is 1.46. The first-order valence-electron chi connectivity index (χ1n) is 8.03. The fourth-order valence-electron chi connectivity index (χ4n) is 2.09. The van der Waals surface area contributed by atoms with Crippen molar-refractivity contribution in [1.29, 1.82) is 0 Å². The number of aryl methyl sites for hydroxylation is 2. The van der Waals surface area contributed by atoms with Gasteiger partial charge in [0.05, 0.1) is 5.75 Å². The number of hydrogen-bond donors (Lipinski definition) is 2. The van der Waals surface area contributed by atoms with Crippen LogP contribution in [0.25, 0.3) is 0 Å². The molecule has 2 aromatic heterocycles. The lowest BCUT2D eigenvalue weighted by Gasteiger charge is -2.04. The van der Waals surface area contributed by atoms with Crippen molar-refractivity contribution in [1.82, 2.24) is 25.3 Å². The number of amides is 1. The highest BCUT2D eigenvalue weighted by Crippen LogP contribution is 2.18. The van der Waals surface area contributed by atoms with Crippen LogP contribution in [-0.4, -0.2) is 31.2 Å². The van der Waals surface area contributed by atoms with Gasteiger partial charge in [-0.1, -0.05) is 45.8 Å². The Morgan fingerprint density at radius 1 is 1.38 bits per heavy atom. The predicted octanol–water partition coefficient (Wildman–Crippen LogP) is 3.38. The van der Waals surface area contributed by atoms with Gasteiger partial charge < -0.3 is 9.84 Å². The maximum absolute atomic E-state index is 12.0. The normalized spacial score (nSPS) is 10.8. The molecule has 8 nitrogen and oxygen atoms in total. The summed E-state index contributed by atoms with van der Waals surface area (Å²) >= 11 is 4.80. The topological polar surface area (TPSA) is 110 Å². The van der Waals surface area contributed by atoms with Gasteiger partial charge in [0, 0.05) is 29.4 Å². The monoisotopic (exact) mass is 436 g/mol. The Morgan fingerprint density at radius 3 is 3.04 bits per heavy atom. The molecule has 0 spiro atoms. The van der Waals surface area contributed by atoms with Crippen molar-refractivity contribution < 1.29 is 9.32 Å². The van der Waals surface area contributed by atoms with Crippen LogP contribution < -0.4 is 5.32 Å². The zero-order valence-electron chi connectivity index (χ0n) is 14.0. The quantitative estimate of drug-likeness (QED) is 0.520. The van der Waals surface area contributed by atoms with Crippen molar-refractivity contribution in [2.75, 3.05) is 5.32 Å². The van der Waals surface area contributed by atoms with Gasteiger partial charge in [0.15, 0.2) is 5.82 Å². The van der Waals surface area contributed by atoms with E-state index in [0.29, 0.717) is 29.0 Å². The predicted molar refractivity (Wildman–Crippen MR) is 101 cm³/mol. The number of carbonyl (C=O) groups excluding carboxylic acids is 1. The Morgan fingerprint density at radius 2 is 2.27 bits per heavy atom. The van der Waals surface area contributed by atoms with Crippen LogP contribution in [0.3, 0.4) is 0 Å². The maximum atomic E-state index is 12.0. The van der Waals surface area contributed by atoms with E-state index in [1.807, 2.05) is 31.2 Å². The van der Waals surface area contributed by atoms with Crippen molar-refractivity contribution in [3.05, 3.63) is 46.3 Å². The fourth-order valence-corrected chi connectivity index (χ4v) is 3.15. The molecule has 0 atom stereocenters. The standard InChI is InChI=1S/C16H17BrN6O2S/c1-2-12-20-16(22-21-12)26-9-13-19-15(25-23-13)7-6-14(24)18-11-5-3-4-10(17)8-11/h3-5,8H,2,6-7,9H2,1H3,(H,18,24)(H,20,21,22). The molecule has 10 heteroatoms. The van der Waals surface area contributed by atoms with Gasteiger partial charge in [0.25, 0.3) is 0 Å². The second-order valence-corrected chi connectivity index (χ2v) is 7.23. The molecule has 136 valence electrons. The minimum atomic E-state index is -0.106. The minimum absolute atomic E-state index is 0.106. The zero-order chi connectivity index (χ0) is 18.4. The average Bonchev–Trinajstić information content (AvgIpc) is 3.27. The molecular formula is C16H17BrN6O2S. The van der Waals surface area contributed by atoms with Crippen LogP contribution >= 0.6 is 27.7 Å². The molecule has 0 aliphatic carbocycles. The number of thioether (sulfide) groups is 1. The van der Waals surface area contributed by atoms with Gasteiger partial charge >= 0.3 is 0 Å². The van der Waals surface area contributed by atoms with Gasteiger partial charge in [-0.25, -0.2) is 4.98 Å². The van der Waals surface area contributed by atoms with Crippen molar-refractivity contribution in [2.24, 2.45) is 0 Å². The molecule has 3 rings (SSSR count). The molecule has 0 radical (unpaired) electrons. The summed E-state index contributed by atoms with van der Waals surface area (Å²) in [4.78, 5) is 20.6. The number of carbonyl (C=O) groups is 1. The number of aromatic nitrogens is 5. The summed E-state index contributed by atoms with van der Waals surface area (Å²) in [5, 5.41) is 14.4. The van der Waals surface area contributed by atoms with E-state index in [-0.39, 0.29) is 12.3 Å². The number of benzene rings is 1. The summed E-state index contributed by atoms with van der Waals surface area (Å²) < 4.78 is 6.10. The molecule has 2 heterocycles. The van der Waals surface area contributed by atoms with Crippen LogP contribution in [0.15, 0.2) is 38.4 Å². The number of H-pyrrole nitrogens is 1. The van der Waals surface area contributed by atoms with Crippen LogP contribution in [0.5, 0.6) is 0 Å². The van der Waals surface area contributed by atoms with E-state index in [0.717, 1.165) is 22.4 Å². The number of nitrogens with one attached hydrogen (secondary N) is 2.